The molecule has 4 rings (SSSR count). The minimum Gasteiger partial charge on any atom is -0.353 e. The molecule has 1 radical (unpaired) electrons. The van der Waals surface area contributed by atoms with Crippen molar-refractivity contribution in [3.63, 3.8) is 0 Å². The second kappa shape index (κ2) is 11.5. The van der Waals surface area contributed by atoms with Crippen molar-refractivity contribution in [3.05, 3.63) is 91.0 Å². The van der Waals surface area contributed by atoms with Crippen LogP contribution in [0.5, 0.6) is 0 Å². The van der Waals surface area contributed by atoms with E-state index in [1.807, 2.05) is 27.7 Å². The molecule has 195 valence electrons. The van der Waals surface area contributed by atoms with Gasteiger partial charge in [0.2, 0.25) is 5.91 Å². The molecule has 0 aliphatic carbocycles. The summed E-state index contributed by atoms with van der Waals surface area (Å²) in [6, 6.07) is 32.7. The molecule has 0 aromatic heterocycles. The lowest BCUT2D eigenvalue weighted by Gasteiger charge is -2.50. The molecule has 37 heavy (non-hydrogen) atoms. The van der Waals surface area contributed by atoms with Gasteiger partial charge in [0.1, 0.15) is 23.2 Å². The third kappa shape index (κ3) is 6.14. The molecule has 0 atom stereocenters. The normalized spacial score (nSPS) is 17.9. The number of nitrogens with one attached hydrogen (secondary N) is 1. The second-order valence-corrected chi connectivity index (χ2v) is 15.2. The van der Waals surface area contributed by atoms with Crippen molar-refractivity contribution in [1.29, 1.82) is 0 Å². The van der Waals surface area contributed by atoms with Crippen LogP contribution in [0.25, 0.3) is 0 Å². The van der Waals surface area contributed by atoms with Gasteiger partial charge >= 0.3 is 0 Å². The Hall–Kier alpha value is -2.52. The highest BCUT2D eigenvalue weighted by Gasteiger charge is 2.47. The van der Waals surface area contributed by atoms with Crippen molar-refractivity contribution in [2.45, 2.75) is 76.9 Å². The van der Waals surface area contributed by atoms with E-state index in [4.69, 9.17) is 0 Å². The van der Waals surface area contributed by atoms with Crippen LogP contribution in [0.4, 0.5) is 0 Å². The van der Waals surface area contributed by atoms with Gasteiger partial charge in [-0.05, 0) is 89.8 Å². The highest BCUT2D eigenvalue weighted by atomic mass is 31.2. The molecule has 1 fully saturated rings. The molecule has 0 bridgehead atoms. The number of carbonyl (C=O) groups is 1. The van der Waals surface area contributed by atoms with E-state index < -0.39 is 18.3 Å². The number of nitrogens with zero attached hydrogens (tertiary/aromatic N) is 1. The van der Waals surface area contributed by atoms with Gasteiger partial charge in [-0.2, -0.15) is 0 Å². The Labute approximate surface area is 223 Å². The van der Waals surface area contributed by atoms with Crippen LogP contribution in [0.1, 0.15) is 59.8 Å². The van der Waals surface area contributed by atoms with Crippen LogP contribution in [0.2, 0.25) is 0 Å². The number of hydrogen-bond acceptors (Lipinski definition) is 2. The fourth-order valence-corrected chi connectivity index (χ4v) is 10.6. The number of hydrogen-bond donors (Lipinski definition) is 1. The summed E-state index contributed by atoms with van der Waals surface area (Å²) in [5.41, 5.74) is -0.963. The lowest BCUT2D eigenvalue weighted by molar-refractivity contribution is -0.290. The summed E-state index contributed by atoms with van der Waals surface area (Å²) < 4.78 is 0. The average molecular weight is 517 g/mol. The number of carbonyl (C=O) groups excluding carboxylic acids is 1. The highest BCUT2D eigenvalue weighted by molar-refractivity contribution is 7.95. The first-order valence-corrected chi connectivity index (χ1v) is 15.4. The number of benzene rings is 3. The molecular weight excluding hydrogens is 475 g/mol. The minimum absolute atomic E-state index is 0.0345. The summed E-state index contributed by atoms with van der Waals surface area (Å²) in [4.78, 5) is 13.0. The summed E-state index contributed by atoms with van der Waals surface area (Å²) >= 11 is 0. The lowest BCUT2D eigenvalue weighted by atomic mass is 9.79. The Morgan fingerprint density at radius 2 is 1.16 bits per heavy atom. The SMILES string of the molecule is CC1(C)CC(NC(=O)CCCC[P+](c2ccccc2)(c2ccccc2)c2ccccc2)CC(C)(C)N1[O]. The first-order chi connectivity index (χ1) is 17.6. The van der Waals surface area contributed by atoms with Gasteiger partial charge in [-0.25, -0.2) is 0 Å². The van der Waals surface area contributed by atoms with Crippen molar-refractivity contribution < 1.29 is 10.0 Å². The molecule has 4 nitrogen and oxygen atoms in total. The zero-order chi connectivity index (χ0) is 26.5. The Balaban J connectivity index is 1.48. The van der Waals surface area contributed by atoms with Crippen LogP contribution in [0.15, 0.2) is 91.0 Å². The van der Waals surface area contributed by atoms with E-state index in [-0.39, 0.29) is 11.9 Å². The number of amides is 1. The summed E-state index contributed by atoms with van der Waals surface area (Å²) in [7, 11) is -1.86. The molecule has 3 aromatic carbocycles. The largest absolute Gasteiger partial charge is 0.353 e. The zero-order valence-corrected chi connectivity index (χ0v) is 23.6. The molecule has 1 saturated heterocycles. The van der Waals surface area contributed by atoms with Crippen molar-refractivity contribution in [1.82, 2.24) is 10.4 Å². The molecule has 5 heteroatoms. The van der Waals surface area contributed by atoms with E-state index in [9.17, 15) is 10.0 Å². The molecule has 1 aliphatic rings. The molecule has 0 unspecified atom stereocenters. The van der Waals surface area contributed by atoms with E-state index >= 15 is 0 Å². The van der Waals surface area contributed by atoms with Gasteiger partial charge in [-0.1, -0.05) is 54.6 Å². The van der Waals surface area contributed by atoms with Gasteiger partial charge in [-0.3, -0.25) is 4.79 Å². The van der Waals surface area contributed by atoms with Gasteiger partial charge < -0.3 is 5.32 Å². The van der Waals surface area contributed by atoms with Gasteiger partial charge in [-0.15, -0.1) is 10.3 Å². The third-order valence-electron chi connectivity index (χ3n) is 7.69. The molecule has 0 spiro atoms. The molecular formula is C32H41N2O2P+. The van der Waals surface area contributed by atoms with Crippen molar-refractivity contribution in [2.24, 2.45) is 0 Å². The van der Waals surface area contributed by atoms with E-state index in [0.29, 0.717) is 19.3 Å². The van der Waals surface area contributed by atoms with Crippen LogP contribution >= 0.6 is 7.26 Å². The maximum Gasteiger partial charge on any atom is 0.220 e. The fourth-order valence-electron chi connectivity index (χ4n) is 6.18. The zero-order valence-electron chi connectivity index (χ0n) is 22.7. The topological polar surface area (TPSA) is 52.2 Å². The summed E-state index contributed by atoms with van der Waals surface area (Å²) in [5.74, 6) is 0.0963. The van der Waals surface area contributed by atoms with Crippen molar-refractivity contribution in [3.8, 4) is 0 Å². The van der Waals surface area contributed by atoms with E-state index in [2.05, 4.69) is 96.3 Å². The molecule has 1 heterocycles. The number of hydroxylamine groups is 2. The third-order valence-corrected chi connectivity index (χ3v) is 12.2. The van der Waals surface area contributed by atoms with Crippen LogP contribution in [0, 0.1) is 0 Å². The number of piperidine rings is 1. The smallest absolute Gasteiger partial charge is 0.220 e. The van der Waals surface area contributed by atoms with Crippen LogP contribution in [-0.2, 0) is 10.0 Å². The summed E-state index contributed by atoms with van der Waals surface area (Å²) in [6.07, 6.45) is 4.69. The molecule has 1 aliphatic heterocycles. The van der Waals surface area contributed by atoms with E-state index in [1.54, 1.807) is 0 Å². The fraction of sp³-hybridized carbons (Fsp3) is 0.406. The van der Waals surface area contributed by atoms with Crippen molar-refractivity contribution >= 4 is 29.1 Å². The predicted octanol–water partition coefficient (Wildman–Crippen LogP) is 5.63. The van der Waals surface area contributed by atoms with Crippen molar-refractivity contribution in [2.75, 3.05) is 6.16 Å². The van der Waals surface area contributed by atoms with Crippen LogP contribution in [-0.4, -0.2) is 34.3 Å². The molecule has 3 aromatic rings. The minimum atomic E-state index is -1.86. The highest BCUT2D eigenvalue weighted by Crippen LogP contribution is 2.56. The molecule has 1 N–H and O–H groups in total. The van der Waals surface area contributed by atoms with E-state index in [1.165, 1.54) is 21.0 Å². The Kier molecular flexibility index (Phi) is 8.53. The first-order valence-electron chi connectivity index (χ1n) is 13.5. The van der Waals surface area contributed by atoms with Gasteiger partial charge in [0.25, 0.3) is 0 Å². The Morgan fingerprint density at radius 1 is 0.757 bits per heavy atom. The maximum atomic E-state index is 13.0. The average Bonchev–Trinajstić information content (AvgIpc) is 2.89. The predicted molar refractivity (Wildman–Crippen MR) is 156 cm³/mol. The standard InChI is InChI=1S/C32H40N2O2P/c1-31(2)24-26(25-32(3,4)34(31)36)33-30(35)22-14-15-23-37(27-16-8-5-9-17-27,28-18-10-6-11-19-28)29-20-12-7-13-21-29/h5-13,16-21,26H,14-15,22-25H2,1-4H3/p+1. The van der Waals surface area contributed by atoms with Crippen LogP contribution < -0.4 is 21.2 Å². The van der Waals surface area contributed by atoms with Crippen LogP contribution in [0.3, 0.4) is 0 Å². The number of rotatable bonds is 9. The Bertz CT molecular complexity index is 1030. The van der Waals surface area contributed by atoms with Gasteiger partial charge in [0.05, 0.1) is 6.16 Å². The monoisotopic (exact) mass is 516 g/mol. The van der Waals surface area contributed by atoms with Gasteiger partial charge in [0, 0.05) is 23.5 Å². The number of unbranched alkanes of at least 4 members (excludes halogenated alkanes) is 1. The summed E-state index contributed by atoms with van der Waals surface area (Å²) in [6.45, 7) is 7.89. The second-order valence-electron chi connectivity index (χ2n) is 11.6. The Morgan fingerprint density at radius 3 is 1.57 bits per heavy atom. The first kappa shape index (κ1) is 27.5. The lowest BCUT2D eigenvalue weighted by Crippen LogP contribution is -2.62. The van der Waals surface area contributed by atoms with E-state index in [0.717, 1.165) is 19.0 Å². The molecule has 0 saturated carbocycles. The van der Waals surface area contributed by atoms with Gasteiger partial charge in [0.15, 0.2) is 0 Å². The summed E-state index contributed by atoms with van der Waals surface area (Å²) in [5, 5.41) is 21.3. The quantitative estimate of drug-likeness (QED) is 0.296. The maximum absolute atomic E-state index is 13.0. The molecule has 1 amide bonds.